The molecule has 18 heavy (non-hydrogen) atoms. The summed E-state index contributed by atoms with van der Waals surface area (Å²) in [6, 6.07) is 5.95. The third kappa shape index (κ3) is 3.21. The highest BCUT2D eigenvalue weighted by Gasteiger charge is 2.06. The first-order chi connectivity index (χ1) is 8.83. The van der Waals surface area contributed by atoms with Crippen LogP contribution in [0.1, 0.15) is 10.4 Å². The highest BCUT2D eigenvalue weighted by molar-refractivity contribution is 7.09. The van der Waals surface area contributed by atoms with Crippen molar-refractivity contribution in [2.24, 2.45) is 0 Å². The average Bonchev–Trinajstić information content (AvgIpc) is 2.90. The fourth-order valence-electron chi connectivity index (χ4n) is 1.61. The maximum atomic E-state index is 5.73. The molecule has 4 nitrogen and oxygen atoms in total. The predicted molar refractivity (Wildman–Crippen MR) is 72.2 cm³/mol. The van der Waals surface area contributed by atoms with E-state index in [2.05, 4.69) is 10.3 Å². The summed E-state index contributed by atoms with van der Waals surface area (Å²) in [6.07, 6.45) is 1.81. The number of nitrogens with zero attached hydrogens (tertiary/aromatic N) is 1. The third-order valence-corrected chi connectivity index (χ3v) is 3.22. The highest BCUT2D eigenvalue weighted by Crippen LogP contribution is 2.29. The first-order valence-electron chi connectivity index (χ1n) is 5.65. The van der Waals surface area contributed by atoms with E-state index in [1.165, 1.54) is 5.56 Å². The largest absolute Gasteiger partial charge is 0.493 e. The minimum atomic E-state index is 0.520. The SMILES string of the molecule is CNCc1ccc(OCc2cncs2)c(OC)c1. The lowest BCUT2D eigenvalue weighted by Gasteiger charge is -2.11. The van der Waals surface area contributed by atoms with Gasteiger partial charge in [-0.3, -0.25) is 4.98 Å². The van der Waals surface area contributed by atoms with Crippen LogP contribution in [-0.4, -0.2) is 19.1 Å². The number of rotatable bonds is 6. The molecule has 0 amide bonds. The van der Waals surface area contributed by atoms with Crippen LogP contribution in [0.15, 0.2) is 29.9 Å². The monoisotopic (exact) mass is 264 g/mol. The zero-order chi connectivity index (χ0) is 12.8. The van der Waals surface area contributed by atoms with Crippen LogP contribution in [0, 0.1) is 0 Å². The van der Waals surface area contributed by atoms with Gasteiger partial charge in [-0.2, -0.15) is 0 Å². The summed E-state index contributed by atoms with van der Waals surface area (Å²) in [6.45, 7) is 1.33. The number of hydrogen-bond donors (Lipinski definition) is 1. The van der Waals surface area contributed by atoms with Gasteiger partial charge in [0, 0.05) is 12.7 Å². The van der Waals surface area contributed by atoms with Crippen molar-refractivity contribution >= 4 is 11.3 Å². The van der Waals surface area contributed by atoms with Crippen LogP contribution in [0.25, 0.3) is 0 Å². The van der Waals surface area contributed by atoms with Crippen LogP contribution in [0.5, 0.6) is 11.5 Å². The van der Waals surface area contributed by atoms with Gasteiger partial charge in [0.25, 0.3) is 0 Å². The Hall–Kier alpha value is -1.59. The molecule has 5 heteroatoms. The van der Waals surface area contributed by atoms with E-state index in [1.54, 1.807) is 24.0 Å². The van der Waals surface area contributed by atoms with Crippen LogP contribution in [0.3, 0.4) is 0 Å². The summed E-state index contributed by atoms with van der Waals surface area (Å²) in [5.74, 6) is 1.51. The average molecular weight is 264 g/mol. The van der Waals surface area contributed by atoms with Gasteiger partial charge in [-0.15, -0.1) is 11.3 Å². The van der Waals surface area contributed by atoms with Crippen molar-refractivity contribution in [3.8, 4) is 11.5 Å². The van der Waals surface area contributed by atoms with Crippen molar-refractivity contribution in [1.29, 1.82) is 0 Å². The molecule has 0 radical (unpaired) electrons. The molecule has 0 aliphatic heterocycles. The molecule has 1 heterocycles. The lowest BCUT2D eigenvalue weighted by Crippen LogP contribution is -2.05. The van der Waals surface area contributed by atoms with Crippen molar-refractivity contribution in [1.82, 2.24) is 10.3 Å². The number of methoxy groups -OCH3 is 1. The molecule has 1 aromatic heterocycles. The van der Waals surface area contributed by atoms with Crippen molar-refractivity contribution in [3.05, 3.63) is 40.3 Å². The molecule has 0 aliphatic carbocycles. The standard InChI is InChI=1S/C13H16N2O2S/c1-14-6-10-3-4-12(13(5-10)16-2)17-8-11-7-15-9-18-11/h3-5,7,9,14H,6,8H2,1-2H3. The van der Waals surface area contributed by atoms with Gasteiger partial charge in [0.15, 0.2) is 11.5 Å². The first-order valence-corrected chi connectivity index (χ1v) is 6.53. The Labute approximate surface area is 111 Å². The van der Waals surface area contributed by atoms with E-state index in [0.717, 1.165) is 22.9 Å². The first kappa shape index (κ1) is 12.9. The maximum absolute atomic E-state index is 5.73. The van der Waals surface area contributed by atoms with E-state index in [1.807, 2.05) is 31.4 Å². The van der Waals surface area contributed by atoms with Crippen molar-refractivity contribution in [3.63, 3.8) is 0 Å². The predicted octanol–water partition coefficient (Wildman–Crippen LogP) is 2.45. The molecular formula is C13H16N2O2S. The zero-order valence-electron chi connectivity index (χ0n) is 10.5. The molecule has 1 aromatic carbocycles. The number of nitrogens with one attached hydrogen (secondary N) is 1. The fourth-order valence-corrected chi connectivity index (χ4v) is 2.11. The summed E-state index contributed by atoms with van der Waals surface area (Å²) in [7, 11) is 3.57. The maximum Gasteiger partial charge on any atom is 0.161 e. The van der Waals surface area contributed by atoms with Crippen molar-refractivity contribution in [2.75, 3.05) is 14.2 Å². The van der Waals surface area contributed by atoms with E-state index in [0.29, 0.717) is 6.61 Å². The van der Waals surface area contributed by atoms with Gasteiger partial charge in [-0.05, 0) is 24.7 Å². The van der Waals surface area contributed by atoms with E-state index in [9.17, 15) is 0 Å². The van der Waals surface area contributed by atoms with Gasteiger partial charge in [-0.25, -0.2) is 0 Å². The van der Waals surface area contributed by atoms with Gasteiger partial charge in [-0.1, -0.05) is 6.07 Å². The number of aromatic nitrogens is 1. The molecule has 0 spiro atoms. The zero-order valence-corrected chi connectivity index (χ0v) is 11.3. The van der Waals surface area contributed by atoms with Gasteiger partial charge in [0.05, 0.1) is 17.5 Å². The second-order valence-corrected chi connectivity index (χ2v) is 4.74. The molecule has 1 N–H and O–H groups in total. The molecule has 0 atom stereocenters. The minimum Gasteiger partial charge on any atom is -0.493 e. The molecule has 2 rings (SSSR count). The molecule has 0 saturated heterocycles. The van der Waals surface area contributed by atoms with E-state index in [-0.39, 0.29) is 0 Å². The molecule has 2 aromatic rings. The quantitative estimate of drug-likeness (QED) is 0.870. The summed E-state index contributed by atoms with van der Waals surface area (Å²) in [5.41, 5.74) is 2.96. The van der Waals surface area contributed by atoms with Gasteiger partial charge in [0.2, 0.25) is 0 Å². The lowest BCUT2D eigenvalue weighted by molar-refractivity contribution is 0.287. The topological polar surface area (TPSA) is 43.4 Å². The molecule has 96 valence electrons. The number of hydrogen-bond acceptors (Lipinski definition) is 5. The van der Waals surface area contributed by atoms with E-state index >= 15 is 0 Å². The van der Waals surface area contributed by atoms with Crippen LogP contribution < -0.4 is 14.8 Å². The summed E-state index contributed by atoms with van der Waals surface area (Å²) < 4.78 is 11.1. The van der Waals surface area contributed by atoms with Crippen LogP contribution >= 0.6 is 11.3 Å². The second kappa shape index (κ2) is 6.37. The lowest BCUT2D eigenvalue weighted by atomic mass is 10.2. The fraction of sp³-hybridized carbons (Fsp3) is 0.308. The number of ether oxygens (including phenoxy) is 2. The molecule has 0 saturated carbocycles. The Bertz CT molecular complexity index is 486. The van der Waals surface area contributed by atoms with Gasteiger partial charge >= 0.3 is 0 Å². The Kier molecular flexibility index (Phi) is 4.55. The van der Waals surface area contributed by atoms with Crippen LogP contribution in [0.2, 0.25) is 0 Å². The summed E-state index contributed by atoms with van der Waals surface area (Å²) >= 11 is 1.58. The Morgan fingerprint density at radius 1 is 1.33 bits per heavy atom. The third-order valence-electron chi connectivity index (χ3n) is 2.46. The van der Waals surface area contributed by atoms with Crippen molar-refractivity contribution in [2.45, 2.75) is 13.2 Å². The Morgan fingerprint density at radius 2 is 2.22 bits per heavy atom. The summed E-state index contributed by atoms with van der Waals surface area (Å²) in [4.78, 5) is 5.11. The number of thiazole rings is 1. The second-order valence-electron chi connectivity index (χ2n) is 3.77. The molecular weight excluding hydrogens is 248 g/mol. The molecule has 0 bridgehead atoms. The molecule has 0 fully saturated rings. The Balaban J connectivity index is 2.07. The normalized spacial score (nSPS) is 10.3. The van der Waals surface area contributed by atoms with Crippen molar-refractivity contribution < 1.29 is 9.47 Å². The molecule has 0 unspecified atom stereocenters. The minimum absolute atomic E-state index is 0.520. The smallest absolute Gasteiger partial charge is 0.161 e. The van der Waals surface area contributed by atoms with E-state index in [4.69, 9.17) is 9.47 Å². The number of benzene rings is 1. The van der Waals surface area contributed by atoms with Crippen LogP contribution in [-0.2, 0) is 13.2 Å². The summed E-state index contributed by atoms with van der Waals surface area (Å²) in [5, 5.41) is 3.11. The van der Waals surface area contributed by atoms with Gasteiger partial charge in [0.1, 0.15) is 6.61 Å². The molecule has 0 aliphatic rings. The highest BCUT2D eigenvalue weighted by atomic mass is 32.1. The van der Waals surface area contributed by atoms with Gasteiger partial charge < -0.3 is 14.8 Å². The van der Waals surface area contributed by atoms with Crippen LogP contribution in [0.4, 0.5) is 0 Å². The van der Waals surface area contributed by atoms with E-state index < -0.39 is 0 Å². The Morgan fingerprint density at radius 3 is 2.89 bits per heavy atom.